The highest BCUT2D eigenvalue weighted by Gasteiger charge is 2.19. The van der Waals surface area contributed by atoms with Gasteiger partial charge in [0.1, 0.15) is 5.76 Å². The molecule has 86 valence electrons. The number of furan rings is 1. The third-order valence-electron chi connectivity index (χ3n) is 2.95. The van der Waals surface area contributed by atoms with Crippen molar-refractivity contribution in [3.05, 3.63) is 29.2 Å². The molecule has 0 aliphatic heterocycles. The number of amidine groups is 1. The van der Waals surface area contributed by atoms with Gasteiger partial charge in [0.05, 0.1) is 0 Å². The standard InChI is InChI=1S/C13H18N2O/c1-2-3-5-9-6-4-7-11-10(9)8-12(16-11)13(14)15/h5,8H,2-4,6-7H2,1H3,(H3,14,15). The molecule has 0 saturated carbocycles. The van der Waals surface area contributed by atoms with Gasteiger partial charge in [-0.3, -0.25) is 5.41 Å². The number of nitrogen functional groups attached to an aromatic ring is 1. The van der Waals surface area contributed by atoms with Crippen LogP contribution in [0.1, 0.15) is 49.7 Å². The Morgan fingerprint density at radius 2 is 2.38 bits per heavy atom. The Morgan fingerprint density at radius 3 is 3.06 bits per heavy atom. The summed E-state index contributed by atoms with van der Waals surface area (Å²) in [4.78, 5) is 0. The molecule has 1 aromatic heterocycles. The minimum absolute atomic E-state index is 0.0178. The fourth-order valence-electron chi connectivity index (χ4n) is 2.12. The van der Waals surface area contributed by atoms with E-state index < -0.39 is 0 Å². The Hall–Kier alpha value is -1.51. The molecule has 0 radical (unpaired) electrons. The smallest absolute Gasteiger partial charge is 0.169 e. The van der Waals surface area contributed by atoms with Crippen LogP contribution in [0.25, 0.3) is 5.57 Å². The molecule has 3 heteroatoms. The summed E-state index contributed by atoms with van der Waals surface area (Å²) in [6.07, 6.45) is 7.77. The molecule has 0 bridgehead atoms. The highest BCUT2D eigenvalue weighted by atomic mass is 16.3. The lowest BCUT2D eigenvalue weighted by Crippen LogP contribution is -2.09. The van der Waals surface area contributed by atoms with Crippen molar-refractivity contribution in [3.63, 3.8) is 0 Å². The lowest BCUT2D eigenvalue weighted by molar-refractivity contribution is 0.489. The number of fused-ring (bicyclic) bond motifs is 1. The molecular weight excluding hydrogens is 200 g/mol. The number of allylic oxidation sites excluding steroid dienone is 2. The van der Waals surface area contributed by atoms with Crippen molar-refractivity contribution in [2.24, 2.45) is 5.73 Å². The first kappa shape index (κ1) is 11.0. The normalized spacial score (nSPS) is 17.4. The van der Waals surface area contributed by atoms with Crippen molar-refractivity contribution in [1.29, 1.82) is 5.41 Å². The van der Waals surface area contributed by atoms with E-state index in [2.05, 4.69) is 13.0 Å². The minimum Gasteiger partial charge on any atom is -0.457 e. The Morgan fingerprint density at radius 1 is 1.56 bits per heavy atom. The van der Waals surface area contributed by atoms with Crippen molar-refractivity contribution >= 4 is 11.4 Å². The van der Waals surface area contributed by atoms with Crippen molar-refractivity contribution in [1.82, 2.24) is 0 Å². The van der Waals surface area contributed by atoms with E-state index in [4.69, 9.17) is 15.6 Å². The van der Waals surface area contributed by atoms with Gasteiger partial charge in [0, 0.05) is 12.0 Å². The molecule has 0 fully saturated rings. The maximum atomic E-state index is 7.38. The molecule has 16 heavy (non-hydrogen) atoms. The summed E-state index contributed by atoms with van der Waals surface area (Å²) >= 11 is 0. The summed E-state index contributed by atoms with van der Waals surface area (Å²) in [6.45, 7) is 2.18. The van der Waals surface area contributed by atoms with Crippen LogP contribution in [0.2, 0.25) is 0 Å². The SMILES string of the molecule is CCCC=C1CCCc2oc(C(=N)N)cc21. The van der Waals surface area contributed by atoms with Crippen LogP contribution < -0.4 is 5.73 Å². The molecule has 3 nitrogen and oxygen atoms in total. The van der Waals surface area contributed by atoms with Crippen LogP contribution >= 0.6 is 0 Å². The summed E-state index contributed by atoms with van der Waals surface area (Å²) in [5.41, 5.74) is 7.97. The number of nitrogens with two attached hydrogens (primary N) is 1. The molecule has 1 heterocycles. The van der Waals surface area contributed by atoms with Crippen LogP contribution in [-0.2, 0) is 6.42 Å². The highest BCUT2D eigenvalue weighted by Crippen LogP contribution is 2.33. The largest absolute Gasteiger partial charge is 0.457 e. The molecule has 0 amide bonds. The van der Waals surface area contributed by atoms with Crippen molar-refractivity contribution in [2.75, 3.05) is 0 Å². The molecular formula is C13H18N2O. The topological polar surface area (TPSA) is 63.0 Å². The Kier molecular flexibility index (Phi) is 3.13. The number of hydrogen-bond donors (Lipinski definition) is 2. The summed E-state index contributed by atoms with van der Waals surface area (Å²) in [5.74, 6) is 1.53. The van der Waals surface area contributed by atoms with Crippen molar-refractivity contribution in [2.45, 2.75) is 39.0 Å². The van der Waals surface area contributed by atoms with Crippen LogP contribution in [0.15, 0.2) is 16.6 Å². The van der Waals surface area contributed by atoms with E-state index in [1.807, 2.05) is 6.07 Å². The first-order valence-electron chi connectivity index (χ1n) is 5.89. The van der Waals surface area contributed by atoms with E-state index in [1.54, 1.807) is 0 Å². The predicted molar refractivity (Wildman–Crippen MR) is 65.5 cm³/mol. The molecule has 1 aliphatic rings. The zero-order chi connectivity index (χ0) is 11.5. The molecule has 3 N–H and O–H groups in total. The molecule has 0 spiro atoms. The second-order valence-corrected chi connectivity index (χ2v) is 4.23. The molecule has 0 saturated heterocycles. The average Bonchev–Trinajstić information content (AvgIpc) is 2.70. The van der Waals surface area contributed by atoms with Crippen LogP contribution in [0.4, 0.5) is 0 Å². The summed E-state index contributed by atoms with van der Waals surface area (Å²) < 4.78 is 5.59. The lowest BCUT2D eigenvalue weighted by atomic mass is 9.92. The summed E-state index contributed by atoms with van der Waals surface area (Å²) in [5, 5.41) is 7.38. The first-order chi connectivity index (χ1) is 7.72. The van der Waals surface area contributed by atoms with Gasteiger partial charge in [-0.1, -0.05) is 19.4 Å². The third-order valence-corrected chi connectivity index (χ3v) is 2.95. The van der Waals surface area contributed by atoms with Crippen LogP contribution in [-0.4, -0.2) is 5.84 Å². The number of unbranched alkanes of at least 4 members (excludes halogenated alkanes) is 1. The van der Waals surface area contributed by atoms with Gasteiger partial charge in [-0.05, 0) is 30.9 Å². The fourth-order valence-corrected chi connectivity index (χ4v) is 2.12. The van der Waals surface area contributed by atoms with Gasteiger partial charge in [-0.2, -0.15) is 0 Å². The van der Waals surface area contributed by atoms with Crippen molar-refractivity contribution < 1.29 is 4.42 Å². The van der Waals surface area contributed by atoms with Crippen LogP contribution in [0.5, 0.6) is 0 Å². The van der Waals surface area contributed by atoms with E-state index in [0.717, 1.165) is 37.9 Å². The van der Waals surface area contributed by atoms with Gasteiger partial charge in [0.25, 0.3) is 0 Å². The second-order valence-electron chi connectivity index (χ2n) is 4.23. The zero-order valence-electron chi connectivity index (χ0n) is 9.68. The van der Waals surface area contributed by atoms with Crippen molar-refractivity contribution in [3.8, 4) is 0 Å². The molecule has 1 aromatic rings. The number of nitrogens with one attached hydrogen (secondary N) is 1. The number of aryl methyl sites for hydroxylation is 1. The molecule has 1 aliphatic carbocycles. The van der Waals surface area contributed by atoms with Crippen LogP contribution in [0.3, 0.4) is 0 Å². The summed E-state index contributed by atoms with van der Waals surface area (Å²) in [7, 11) is 0. The van der Waals surface area contributed by atoms with Gasteiger partial charge in [0.15, 0.2) is 11.6 Å². The first-order valence-corrected chi connectivity index (χ1v) is 5.89. The maximum absolute atomic E-state index is 7.38. The molecule has 0 unspecified atom stereocenters. The second kappa shape index (κ2) is 4.56. The molecule has 0 atom stereocenters. The Balaban J connectivity index is 2.34. The highest BCUT2D eigenvalue weighted by molar-refractivity contribution is 5.93. The average molecular weight is 218 g/mol. The van der Waals surface area contributed by atoms with E-state index in [-0.39, 0.29) is 5.84 Å². The summed E-state index contributed by atoms with van der Waals surface area (Å²) in [6, 6.07) is 1.92. The van der Waals surface area contributed by atoms with Crippen LogP contribution in [0, 0.1) is 5.41 Å². The van der Waals surface area contributed by atoms with Gasteiger partial charge < -0.3 is 10.2 Å². The predicted octanol–water partition coefficient (Wildman–Crippen LogP) is 3.08. The third kappa shape index (κ3) is 2.03. The fraction of sp³-hybridized carbons (Fsp3) is 0.462. The van der Waals surface area contributed by atoms with E-state index in [0.29, 0.717) is 5.76 Å². The number of rotatable bonds is 3. The van der Waals surface area contributed by atoms with Gasteiger partial charge in [-0.15, -0.1) is 0 Å². The maximum Gasteiger partial charge on any atom is 0.169 e. The number of hydrogen-bond acceptors (Lipinski definition) is 2. The Bertz CT molecular complexity index is 429. The van der Waals surface area contributed by atoms with E-state index in [9.17, 15) is 0 Å². The van der Waals surface area contributed by atoms with Gasteiger partial charge in [0.2, 0.25) is 0 Å². The molecule has 2 rings (SSSR count). The Labute approximate surface area is 95.8 Å². The minimum atomic E-state index is 0.0178. The van der Waals surface area contributed by atoms with Gasteiger partial charge in [-0.25, -0.2) is 0 Å². The zero-order valence-corrected chi connectivity index (χ0v) is 9.68. The monoisotopic (exact) mass is 218 g/mol. The van der Waals surface area contributed by atoms with E-state index >= 15 is 0 Å². The van der Waals surface area contributed by atoms with E-state index in [1.165, 1.54) is 11.1 Å². The lowest BCUT2D eigenvalue weighted by Gasteiger charge is -2.13. The molecule has 0 aromatic carbocycles. The van der Waals surface area contributed by atoms with Gasteiger partial charge >= 0.3 is 0 Å². The quantitative estimate of drug-likeness (QED) is 0.605.